The normalized spacial score (nSPS) is 14.2. The van der Waals surface area contributed by atoms with Crippen molar-refractivity contribution in [2.75, 3.05) is 16.8 Å². The highest BCUT2D eigenvalue weighted by Crippen LogP contribution is 2.29. The molecule has 2 amide bonds. The largest absolute Gasteiger partial charge is 0.452 e. The summed E-state index contributed by atoms with van der Waals surface area (Å²) in [4.78, 5) is 38.1. The number of benzene rings is 2. The molecule has 1 atom stereocenters. The smallest absolute Gasteiger partial charge is 0.311 e. The molecule has 2 aromatic rings. The van der Waals surface area contributed by atoms with Gasteiger partial charge in [-0.3, -0.25) is 19.3 Å². The van der Waals surface area contributed by atoms with Gasteiger partial charge < -0.3 is 10.1 Å². The van der Waals surface area contributed by atoms with Crippen molar-refractivity contribution < 1.29 is 19.1 Å². The lowest BCUT2D eigenvalue weighted by Crippen LogP contribution is -2.47. The van der Waals surface area contributed by atoms with Crippen LogP contribution >= 0.6 is 0 Å². The minimum atomic E-state index is -0.981. The fourth-order valence-corrected chi connectivity index (χ4v) is 2.90. The lowest BCUT2D eigenvalue weighted by molar-refractivity contribution is -0.153. The van der Waals surface area contributed by atoms with Gasteiger partial charge in [0.2, 0.25) is 5.91 Å². The van der Waals surface area contributed by atoms with Crippen molar-refractivity contribution in [1.29, 1.82) is 0 Å². The zero-order valence-electron chi connectivity index (χ0n) is 14.7. The molecule has 26 heavy (non-hydrogen) atoms. The molecule has 1 heterocycles. The van der Waals surface area contributed by atoms with Gasteiger partial charge in [0.25, 0.3) is 5.91 Å². The van der Waals surface area contributed by atoms with E-state index >= 15 is 0 Å². The van der Waals surface area contributed by atoms with E-state index in [1.165, 1.54) is 11.8 Å². The number of hydrogen-bond acceptors (Lipinski definition) is 4. The van der Waals surface area contributed by atoms with Crippen LogP contribution in [0.2, 0.25) is 0 Å². The molecule has 0 saturated heterocycles. The molecule has 1 aliphatic heterocycles. The number of hydrogen-bond donors (Lipinski definition) is 1. The lowest BCUT2D eigenvalue weighted by Gasteiger charge is -2.30. The number of anilines is 2. The quantitative estimate of drug-likeness (QED) is 0.858. The van der Waals surface area contributed by atoms with Gasteiger partial charge in [-0.05, 0) is 37.1 Å². The van der Waals surface area contributed by atoms with Gasteiger partial charge in [-0.1, -0.05) is 36.4 Å². The summed E-state index contributed by atoms with van der Waals surface area (Å²) in [6.45, 7) is 3.34. The SMILES string of the molecule is Cc1ccccc1CC(=O)O[C@@H](C)C(=O)N1CC(=O)Nc2ccccc21. The molecule has 0 bridgehead atoms. The number of esters is 1. The molecule has 0 radical (unpaired) electrons. The van der Waals surface area contributed by atoms with E-state index in [1.807, 2.05) is 31.2 Å². The summed E-state index contributed by atoms with van der Waals surface area (Å²) in [6, 6.07) is 14.6. The van der Waals surface area contributed by atoms with Crippen molar-refractivity contribution in [3.05, 3.63) is 59.7 Å². The molecule has 1 N–H and O–H groups in total. The summed E-state index contributed by atoms with van der Waals surface area (Å²) in [6.07, 6.45) is -0.882. The molecule has 0 fully saturated rings. The van der Waals surface area contributed by atoms with Crippen LogP contribution in [-0.2, 0) is 25.5 Å². The molecule has 6 nitrogen and oxygen atoms in total. The van der Waals surface area contributed by atoms with Crippen LogP contribution in [0.25, 0.3) is 0 Å². The van der Waals surface area contributed by atoms with E-state index in [9.17, 15) is 14.4 Å². The van der Waals surface area contributed by atoms with E-state index in [2.05, 4.69) is 5.32 Å². The number of para-hydroxylation sites is 2. The van der Waals surface area contributed by atoms with Gasteiger partial charge in [-0.2, -0.15) is 0 Å². The molecule has 0 aliphatic carbocycles. The number of nitrogens with one attached hydrogen (secondary N) is 1. The first kappa shape index (κ1) is 17.7. The Bertz CT molecular complexity index is 862. The highest BCUT2D eigenvalue weighted by atomic mass is 16.5. The van der Waals surface area contributed by atoms with E-state index in [4.69, 9.17) is 4.74 Å². The molecule has 6 heteroatoms. The van der Waals surface area contributed by atoms with Crippen molar-refractivity contribution in [2.45, 2.75) is 26.4 Å². The number of nitrogens with zero attached hydrogens (tertiary/aromatic N) is 1. The zero-order chi connectivity index (χ0) is 18.7. The standard InChI is InChI=1S/C20H20N2O4/c1-13-7-3-4-8-15(13)11-19(24)26-14(2)20(25)22-12-18(23)21-16-9-5-6-10-17(16)22/h3-10,14H,11-12H2,1-2H3,(H,21,23)/t14-/m0/s1. The van der Waals surface area contributed by atoms with Crippen LogP contribution in [-0.4, -0.2) is 30.4 Å². The average molecular weight is 352 g/mol. The maximum atomic E-state index is 12.7. The second-order valence-corrected chi connectivity index (χ2v) is 6.23. The van der Waals surface area contributed by atoms with Gasteiger partial charge in [0.15, 0.2) is 6.10 Å². The van der Waals surface area contributed by atoms with Crippen LogP contribution in [0.15, 0.2) is 48.5 Å². The van der Waals surface area contributed by atoms with E-state index in [1.54, 1.807) is 24.3 Å². The van der Waals surface area contributed by atoms with Gasteiger partial charge in [0.1, 0.15) is 6.54 Å². The van der Waals surface area contributed by atoms with Gasteiger partial charge in [0, 0.05) is 0 Å². The van der Waals surface area contributed by atoms with Crippen LogP contribution in [0.5, 0.6) is 0 Å². The molecule has 0 spiro atoms. The van der Waals surface area contributed by atoms with Gasteiger partial charge in [0.05, 0.1) is 17.8 Å². The highest BCUT2D eigenvalue weighted by molar-refractivity contribution is 6.11. The fourth-order valence-electron chi connectivity index (χ4n) is 2.90. The summed E-state index contributed by atoms with van der Waals surface area (Å²) >= 11 is 0. The van der Waals surface area contributed by atoms with Crippen LogP contribution in [0, 0.1) is 6.92 Å². The first-order valence-electron chi connectivity index (χ1n) is 8.40. The van der Waals surface area contributed by atoms with Crippen LogP contribution in [0.3, 0.4) is 0 Å². The number of amides is 2. The summed E-state index contributed by atoms with van der Waals surface area (Å²) in [5.41, 5.74) is 3.01. The van der Waals surface area contributed by atoms with Crippen LogP contribution < -0.4 is 10.2 Å². The minimum Gasteiger partial charge on any atom is -0.452 e. The second-order valence-electron chi connectivity index (χ2n) is 6.23. The molecule has 0 saturated carbocycles. The Morgan fingerprint density at radius 2 is 1.85 bits per heavy atom. The third kappa shape index (κ3) is 3.74. The highest BCUT2D eigenvalue weighted by Gasteiger charge is 2.31. The topological polar surface area (TPSA) is 75.7 Å². The summed E-state index contributed by atoms with van der Waals surface area (Å²) in [5.74, 6) is -1.18. The van der Waals surface area contributed by atoms with Crippen molar-refractivity contribution in [2.24, 2.45) is 0 Å². The van der Waals surface area contributed by atoms with Crippen LogP contribution in [0.1, 0.15) is 18.1 Å². The Morgan fingerprint density at radius 3 is 2.62 bits per heavy atom. The number of carbonyl (C=O) groups excluding carboxylic acids is 3. The van der Waals surface area contributed by atoms with Crippen molar-refractivity contribution in [3.8, 4) is 0 Å². The van der Waals surface area contributed by atoms with E-state index in [0.717, 1.165) is 11.1 Å². The zero-order valence-corrected chi connectivity index (χ0v) is 14.7. The first-order valence-corrected chi connectivity index (χ1v) is 8.40. The molecular formula is C20H20N2O4. The number of aryl methyl sites for hydroxylation is 1. The number of ether oxygens (including phenoxy) is 1. The molecule has 2 aromatic carbocycles. The predicted molar refractivity (Wildman–Crippen MR) is 97.9 cm³/mol. The molecule has 0 unspecified atom stereocenters. The van der Waals surface area contributed by atoms with E-state index in [0.29, 0.717) is 11.4 Å². The lowest BCUT2D eigenvalue weighted by atomic mass is 10.1. The van der Waals surface area contributed by atoms with Crippen LogP contribution in [0.4, 0.5) is 11.4 Å². The molecule has 134 valence electrons. The fraction of sp³-hybridized carbons (Fsp3) is 0.250. The van der Waals surface area contributed by atoms with Crippen molar-refractivity contribution >= 4 is 29.2 Å². The summed E-state index contributed by atoms with van der Waals surface area (Å²) in [7, 11) is 0. The van der Waals surface area contributed by atoms with Gasteiger partial charge in [-0.25, -0.2) is 0 Å². The number of fused-ring (bicyclic) bond motifs is 1. The maximum Gasteiger partial charge on any atom is 0.311 e. The Balaban J connectivity index is 1.69. The number of rotatable bonds is 4. The molecule has 3 rings (SSSR count). The molecule has 0 aromatic heterocycles. The molecule has 1 aliphatic rings. The Labute approximate surface area is 151 Å². The maximum absolute atomic E-state index is 12.7. The Hall–Kier alpha value is -3.15. The Morgan fingerprint density at radius 1 is 1.15 bits per heavy atom. The van der Waals surface area contributed by atoms with E-state index in [-0.39, 0.29) is 18.9 Å². The summed E-state index contributed by atoms with van der Waals surface area (Å²) < 4.78 is 5.31. The van der Waals surface area contributed by atoms with Crippen molar-refractivity contribution in [1.82, 2.24) is 0 Å². The third-order valence-corrected chi connectivity index (χ3v) is 4.29. The Kier molecular flexibility index (Phi) is 5.02. The summed E-state index contributed by atoms with van der Waals surface area (Å²) in [5, 5.41) is 2.72. The second kappa shape index (κ2) is 7.39. The average Bonchev–Trinajstić information content (AvgIpc) is 2.62. The third-order valence-electron chi connectivity index (χ3n) is 4.29. The van der Waals surface area contributed by atoms with Crippen molar-refractivity contribution in [3.63, 3.8) is 0 Å². The number of carbonyl (C=O) groups is 3. The molecular weight excluding hydrogens is 332 g/mol. The minimum absolute atomic E-state index is 0.0986. The van der Waals surface area contributed by atoms with Gasteiger partial charge in [-0.15, -0.1) is 0 Å². The van der Waals surface area contributed by atoms with E-state index < -0.39 is 18.0 Å². The first-order chi connectivity index (χ1) is 12.5. The predicted octanol–water partition coefficient (Wildman–Crippen LogP) is 2.45. The monoisotopic (exact) mass is 352 g/mol. The van der Waals surface area contributed by atoms with Gasteiger partial charge >= 0.3 is 5.97 Å².